The van der Waals surface area contributed by atoms with Crippen LogP contribution in [0.15, 0.2) is 36.7 Å². The monoisotopic (exact) mass is 422 g/mol. The standard InChI is InChI=1S/C24H34N6O/c1-6-30(7-2)14-8-9-18(4)27-24(31)21-15-20-22(25-16-26-23(20)29(21)5)28-19-12-10-17(3)11-13-19/h10-13,15-16,18H,6-9,14H2,1-5H3,(H,27,31)(H,25,26,28). The maximum absolute atomic E-state index is 13.0. The number of hydrogen-bond donors (Lipinski definition) is 2. The fraction of sp³-hybridized carbons (Fsp3) is 0.458. The summed E-state index contributed by atoms with van der Waals surface area (Å²) in [6, 6.07) is 10.1. The number of benzene rings is 1. The maximum atomic E-state index is 13.0. The Morgan fingerprint density at radius 3 is 2.55 bits per heavy atom. The highest BCUT2D eigenvalue weighted by molar-refractivity contribution is 6.01. The fourth-order valence-corrected chi connectivity index (χ4v) is 3.76. The largest absolute Gasteiger partial charge is 0.348 e. The van der Waals surface area contributed by atoms with Crippen molar-refractivity contribution in [3.8, 4) is 0 Å². The summed E-state index contributed by atoms with van der Waals surface area (Å²) in [4.78, 5) is 24.1. The molecule has 0 aliphatic carbocycles. The third-order valence-electron chi connectivity index (χ3n) is 5.75. The molecule has 3 aromatic rings. The van der Waals surface area contributed by atoms with Crippen LogP contribution in [0, 0.1) is 6.92 Å². The molecule has 0 bridgehead atoms. The summed E-state index contributed by atoms with van der Waals surface area (Å²) in [7, 11) is 1.87. The van der Waals surface area contributed by atoms with Crippen molar-refractivity contribution in [3.63, 3.8) is 0 Å². The molecule has 7 heteroatoms. The third-order valence-corrected chi connectivity index (χ3v) is 5.75. The Hall–Kier alpha value is -2.93. The van der Waals surface area contributed by atoms with Crippen LogP contribution in [0.25, 0.3) is 11.0 Å². The van der Waals surface area contributed by atoms with Gasteiger partial charge in [-0.15, -0.1) is 0 Å². The average molecular weight is 423 g/mol. The van der Waals surface area contributed by atoms with Crippen LogP contribution in [0.5, 0.6) is 0 Å². The van der Waals surface area contributed by atoms with Gasteiger partial charge in [-0.3, -0.25) is 4.79 Å². The van der Waals surface area contributed by atoms with E-state index in [-0.39, 0.29) is 11.9 Å². The second kappa shape index (κ2) is 10.4. The number of anilines is 2. The zero-order valence-corrected chi connectivity index (χ0v) is 19.3. The van der Waals surface area contributed by atoms with Crippen molar-refractivity contribution in [2.45, 2.75) is 46.6 Å². The van der Waals surface area contributed by atoms with Gasteiger partial charge in [0.25, 0.3) is 5.91 Å². The summed E-state index contributed by atoms with van der Waals surface area (Å²) in [6.07, 6.45) is 3.54. The molecule has 3 rings (SSSR count). The molecule has 7 nitrogen and oxygen atoms in total. The Morgan fingerprint density at radius 2 is 1.87 bits per heavy atom. The van der Waals surface area contributed by atoms with Gasteiger partial charge in [-0.05, 0) is 64.5 Å². The van der Waals surface area contributed by atoms with Crippen LogP contribution in [0.2, 0.25) is 0 Å². The first-order valence-corrected chi connectivity index (χ1v) is 11.1. The van der Waals surface area contributed by atoms with Crippen molar-refractivity contribution in [3.05, 3.63) is 47.9 Å². The Kier molecular flexibility index (Phi) is 7.63. The Labute approximate surface area is 184 Å². The lowest BCUT2D eigenvalue weighted by molar-refractivity contribution is 0.0929. The molecule has 2 aromatic heterocycles. The van der Waals surface area contributed by atoms with E-state index >= 15 is 0 Å². The normalized spacial score (nSPS) is 12.3. The molecule has 1 amide bonds. The van der Waals surface area contributed by atoms with Gasteiger partial charge in [0.05, 0.1) is 5.39 Å². The van der Waals surface area contributed by atoms with E-state index in [9.17, 15) is 4.79 Å². The van der Waals surface area contributed by atoms with Gasteiger partial charge in [-0.1, -0.05) is 31.5 Å². The minimum atomic E-state index is -0.0860. The summed E-state index contributed by atoms with van der Waals surface area (Å²) in [6.45, 7) is 11.7. The zero-order chi connectivity index (χ0) is 22.4. The van der Waals surface area contributed by atoms with Crippen molar-refractivity contribution in [1.29, 1.82) is 0 Å². The maximum Gasteiger partial charge on any atom is 0.268 e. The second-order valence-corrected chi connectivity index (χ2v) is 8.08. The van der Waals surface area contributed by atoms with Crippen molar-refractivity contribution in [2.24, 2.45) is 7.05 Å². The van der Waals surface area contributed by atoms with Crippen LogP contribution in [0.3, 0.4) is 0 Å². The molecule has 0 saturated heterocycles. The summed E-state index contributed by atoms with van der Waals surface area (Å²) in [5, 5.41) is 7.30. The number of aromatic nitrogens is 3. The van der Waals surface area contributed by atoms with Crippen LogP contribution in [-0.2, 0) is 7.05 Å². The van der Waals surface area contributed by atoms with Gasteiger partial charge >= 0.3 is 0 Å². The molecule has 0 aliphatic rings. The van der Waals surface area contributed by atoms with E-state index in [4.69, 9.17) is 0 Å². The van der Waals surface area contributed by atoms with Gasteiger partial charge in [0, 0.05) is 18.8 Å². The zero-order valence-electron chi connectivity index (χ0n) is 19.3. The minimum absolute atomic E-state index is 0.0860. The predicted octanol–water partition coefficient (Wildman–Crippen LogP) is 4.26. The van der Waals surface area contributed by atoms with Crippen LogP contribution in [-0.4, -0.2) is 51.0 Å². The molecule has 31 heavy (non-hydrogen) atoms. The van der Waals surface area contributed by atoms with Crippen molar-refractivity contribution >= 4 is 28.4 Å². The highest BCUT2D eigenvalue weighted by atomic mass is 16.2. The van der Waals surface area contributed by atoms with E-state index in [1.54, 1.807) is 0 Å². The number of nitrogens with one attached hydrogen (secondary N) is 2. The highest BCUT2D eigenvalue weighted by Gasteiger charge is 2.18. The second-order valence-electron chi connectivity index (χ2n) is 8.08. The van der Waals surface area contributed by atoms with Gasteiger partial charge in [-0.25, -0.2) is 9.97 Å². The number of hydrogen-bond acceptors (Lipinski definition) is 5. The molecule has 2 N–H and O–H groups in total. The van der Waals surface area contributed by atoms with Crippen molar-refractivity contribution in [2.75, 3.05) is 25.0 Å². The molecular weight excluding hydrogens is 388 g/mol. The quantitative estimate of drug-likeness (QED) is 0.511. The molecule has 0 aliphatic heterocycles. The van der Waals surface area contributed by atoms with Crippen LogP contribution in [0.4, 0.5) is 11.5 Å². The van der Waals surface area contributed by atoms with E-state index in [1.165, 1.54) is 11.9 Å². The predicted molar refractivity (Wildman–Crippen MR) is 127 cm³/mol. The molecule has 0 radical (unpaired) electrons. The molecular formula is C24H34N6O. The fourth-order valence-electron chi connectivity index (χ4n) is 3.76. The molecule has 0 saturated carbocycles. The smallest absolute Gasteiger partial charge is 0.268 e. The number of nitrogens with zero attached hydrogens (tertiary/aromatic N) is 4. The number of carbonyl (C=O) groups is 1. The van der Waals surface area contributed by atoms with Gasteiger partial charge < -0.3 is 20.1 Å². The Balaban J connectivity index is 1.71. The molecule has 2 heterocycles. The number of fused-ring (bicyclic) bond motifs is 1. The van der Waals surface area contributed by atoms with Gasteiger partial charge in [0.1, 0.15) is 23.5 Å². The van der Waals surface area contributed by atoms with E-state index in [1.807, 2.05) is 41.9 Å². The lowest BCUT2D eigenvalue weighted by Gasteiger charge is -2.19. The Morgan fingerprint density at radius 1 is 1.16 bits per heavy atom. The topological polar surface area (TPSA) is 75.1 Å². The molecule has 1 unspecified atom stereocenters. The third kappa shape index (κ3) is 5.61. The Bertz CT molecular complexity index is 1010. The van der Waals surface area contributed by atoms with Gasteiger partial charge in [0.15, 0.2) is 0 Å². The highest BCUT2D eigenvalue weighted by Crippen LogP contribution is 2.26. The average Bonchev–Trinajstić information content (AvgIpc) is 3.10. The van der Waals surface area contributed by atoms with Crippen LogP contribution >= 0.6 is 0 Å². The number of carbonyl (C=O) groups excluding carboxylic acids is 1. The van der Waals surface area contributed by atoms with Crippen LogP contribution < -0.4 is 10.6 Å². The lowest BCUT2D eigenvalue weighted by atomic mass is 10.1. The number of aryl methyl sites for hydroxylation is 2. The summed E-state index contributed by atoms with van der Waals surface area (Å²) in [5.41, 5.74) is 3.45. The molecule has 1 atom stereocenters. The number of amides is 1. The van der Waals surface area contributed by atoms with E-state index in [2.05, 4.69) is 53.2 Å². The number of rotatable bonds is 10. The summed E-state index contributed by atoms with van der Waals surface area (Å²) >= 11 is 0. The first kappa shape index (κ1) is 22.7. The SMILES string of the molecule is CCN(CC)CCCC(C)NC(=O)c1cc2c(Nc3ccc(C)cc3)ncnc2n1C. The first-order chi connectivity index (χ1) is 14.9. The summed E-state index contributed by atoms with van der Waals surface area (Å²) < 4.78 is 1.83. The first-order valence-electron chi connectivity index (χ1n) is 11.1. The lowest BCUT2D eigenvalue weighted by Crippen LogP contribution is -2.34. The van der Waals surface area contributed by atoms with Crippen molar-refractivity contribution in [1.82, 2.24) is 24.8 Å². The molecule has 0 fully saturated rings. The van der Waals surface area contributed by atoms with Crippen molar-refractivity contribution < 1.29 is 4.79 Å². The van der Waals surface area contributed by atoms with Gasteiger partial charge in [-0.2, -0.15) is 0 Å². The molecule has 1 aromatic carbocycles. The molecule has 166 valence electrons. The van der Waals surface area contributed by atoms with Crippen LogP contribution in [0.1, 0.15) is 49.7 Å². The minimum Gasteiger partial charge on any atom is -0.348 e. The van der Waals surface area contributed by atoms with Gasteiger partial charge in [0.2, 0.25) is 0 Å². The van der Waals surface area contributed by atoms with E-state index in [0.717, 1.165) is 49.2 Å². The van der Waals surface area contributed by atoms with E-state index < -0.39 is 0 Å². The molecule has 0 spiro atoms. The summed E-state index contributed by atoms with van der Waals surface area (Å²) in [5.74, 6) is 0.605. The van der Waals surface area contributed by atoms with E-state index in [0.29, 0.717) is 11.5 Å².